The number of nitrogens with zero attached hydrogens (tertiary/aromatic N) is 1. The summed E-state index contributed by atoms with van der Waals surface area (Å²) in [5, 5.41) is 0. The van der Waals surface area contributed by atoms with Gasteiger partial charge in [0.2, 0.25) is 0 Å². The van der Waals surface area contributed by atoms with Gasteiger partial charge in [-0.3, -0.25) is 18.6 Å². The lowest BCUT2D eigenvalue weighted by Gasteiger charge is -2.24. The molecule has 2 unspecified atom stereocenters. The van der Waals surface area contributed by atoms with E-state index in [4.69, 9.17) is 18.5 Å². The van der Waals surface area contributed by atoms with Crippen molar-refractivity contribution in [2.24, 2.45) is 0 Å². The summed E-state index contributed by atoms with van der Waals surface area (Å²) in [6, 6.07) is 0. The predicted molar refractivity (Wildman–Crippen MR) is 335 cm³/mol. The van der Waals surface area contributed by atoms with Crippen LogP contribution in [-0.4, -0.2) is 74.9 Å². The van der Waals surface area contributed by atoms with Gasteiger partial charge in [0.05, 0.1) is 27.7 Å². The fourth-order valence-electron chi connectivity index (χ4n) is 10.2. The lowest BCUT2D eigenvalue weighted by atomic mass is 10.0. The van der Waals surface area contributed by atoms with Crippen LogP contribution < -0.4 is 0 Å². The maximum atomic E-state index is 12.8. The van der Waals surface area contributed by atoms with Crippen molar-refractivity contribution in [2.75, 3.05) is 47.5 Å². The van der Waals surface area contributed by atoms with Gasteiger partial charge in [-0.2, -0.15) is 0 Å². The average molecular weight is 1120 g/mol. The largest absolute Gasteiger partial charge is 0.472 e. The number of likely N-dealkylation sites (N-methyl/N-ethyl adjacent to an activating group) is 1. The van der Waals surface area contributed by atoms with Gasteiger partial charge < -0.3 is 18.9 Å². The van der Waals surface area contributed by atoms with E-state index in [9.17, 15) is 19.0 Å². The molecule has 9 nitrogen and oxygen atoms in total. The van der Waals surface area contributed by atoms with Crippen molar-refractivity contribution in [3.8, 4) is 0 Å². The van der Waals surface area contributed by atoms with Gasteiger partial charge in [-0.15, -0.1) is 0 Å². The number of ether oxygens (including phenoxy) is 2. The molecule has 2 atom stereocenters. The first-order valence-electron chi connectivity index (χ1n) is 34.1. The lowest BCUT2D eigenvalue weighted by molar-refractivity contribution is -0.870. The van der Waals surface area contributed by atoms with E-state index in [0.29, 0.717) is 23.9 Å². The molecular weight excluding hydrogens is 990 g/mol. The Kier molecular flexibility index (Phi) is 58.9. The van der Waals surface area contributed by atoms with Crippen LogP contribution in [0.25, 0.3) is 0 Å². The zero-order valence-corrected chi connectivity index (χ0v) is 53.6. The Morgan fingerprint density at radius 2 is 0.692 bits per heavy atom. The molecule has 0 saturated heterocycles. The molecule has 0 aromatic rings. The third kappa shape index (κ3) is 63.7. The Balaban J connectivity index is 3.83. The molecule has 0 amide bonds. The van der Waals surface area contributed by atoms with Crippen molar-refractivity contribution in [3.05, 3.63) is 24.3 Å². The molecule has 0 aliphatic rings. The van der Waals surface area contributed by atoms with Gasteiger partial charge in [0.15, 0.2) is 6.10 Å². The van der Waals surface area contributed by atoms with Crippen LogP contribution in [0.4, 0.5) is 0 Å². The quantitative estimate of drug-likeness (QED) is 0.0211. The summed E-state index contributed by atoms with van der Waals surface area (Å²) in [6.45, 7) is 4.44. The highest BCUT2D eigenvalue weighted by Crippen LogP contribution is 2.43. The first-order chi connectivity index (χ1) is 38.0. The number of hydrogen-bond acceptors (Lipinski definition) is 7. The number of quaternary nitrogens is 1. The summed E-state index contributed by atoms with van der Waals surface area (Å²) < 4.78 is 34.6. The molecule has 0 spiro atoms. The van der Waals surface area contributed by atoms with Crippen LogP contribution in [0.1, 0.15) is 348 Å². The standard InChI is InChI=1S/C68H132NO8P/c1-6-8-10-12-14-16-18-20-22-23-24-25-26-27-28-29-30-31-32-33-34-35-36-37-38-39-40-41-42-43-44-45-47-48-50-52-54-56-58-60-67(70)74-64-66(65-76-78(72,73)75-63-62-69(3,4)5)77-68(71)61-59-57-55-53-51-49-46-21-19-17-15-13-11-9-7-2/h15,17,21,46,66H,6-14,16,18-20,22-45,47-65H2,1-5H3/p+1/b17-15-,46-21-. The average Bonchev–Trinajstić information content (AvgIpc) is 3.41. The van der Waals surface area contributed by atoms with Gasteiger partial charge in [-0.1, -0.05) is 314 Å². The molecule has 0 aromatic carbocycles. The second-order valence-electron chi connectivity index (χ2n) is 24.6. The zero-order chi connectivity index (χ0) is 57.0. The normalized spacial score (nSPS) is 13.3. The first kappa shape index (κ1) is 76.5. The third-order valence-electron chi connectivity index (χ3n) is 15.5. The van der Waals surface area contributed by atoms with Crippen LogP contribution >= 0.6 is 7.82 Å². The second-order valence-corrected chi connectivity index (χ2v) is 26.0. The van der Waals surface area contributed by atoms with Gasteiger partial charge >= 0.3 is 19.8 Å². The summed E-state index contributed by atoms with van der Waals surface area (Å²) in [6.07, 6.45) is 74.6. The number of allylic oxidation sites excluding steroid dienone is 4. The van der Waals surface area contributed by atoms with E-state index in [-0.39, 0.29) is 25.6 Å². The highest BCUT2D eigenvalue weighted by atomic mass is 31.2. The van der Waals surface area contributed by atoms with Crippen LogP contribution in [0.15, 0.2) is 24.3 Å². The Labute approximate surface area is 485 Å². The van der Waals surface area contributed by atoms with Crippen molar-refractivity contribution < 1.29 is 42.1 Å². The zero-order valence-electron chi connectivity index (χ0n) is 52.7. The van der Waals surface area contributed by atoms with E-state index >= 15 is 0 Å². The minimum Gasteiger partial charge on any atom is -0.462 e. The summed E-state index contributed by atoms with van der Waals surface area (Å²) >= 11 is 0. The van der Waals surface area contributed by atoms with Crippen molar-refractivity contribution in [2.45, 2.75) is 354 Å². The Bertz CT molecular complexity index is 1370. The van der Waals surface area contributed by atoms with Gasteiger partial charge in [0.25, 0.3) is 0 Å². The minimum absolute atomic E-state index is 0.0311. The molecule has 0 fully saturated rings. The molecule has 0 saturated carbocycles. The maximum Gasteiger partial charge on any atom is 0.472 e. The fraction of sp³-hybridized carbons (Fsp3) is 0.912. The van der Waals surface area contributed by atoms with E-state index in [1.165, 1.54) is 257 Å². The Morgan fingerprint density at radius 3 is 1.04 bits per heavy atom. The van der Waals surface area contributed by atoms with Crippen molar-refractivity contribution in [1.29, 1.82) is 0 Å². The molecule has 10 heteroatoms. The van der Waals surface area contributed by atoms with E-state index in [0.717, 1.165) is 57.8 Å². The van der Waals surface area contributed by atoms with Gasteiger partial charge in [-0.05, 0) is 44.9 Å². The van der Waals surface area contributed by atoms with Crippen LogP contribution in [0, 0.1) is 0 Å². The van der Waals surface area contributed by atoms with Crippen LogP contribution in [0.3, 0.4) is 0 Å². The second kappa shape index (κ2) is 60.1. The van der Waals surface area contributed by atoms with Gasteiger partial charge in [-0.25, -0.2) is 4.57 Å². The van der Waals surface area contributed by atoms with Gasteiger partial charge in [0.1, 0.15) is 19.8 Å². The number of carbonyl (C=O) groups is 2. The molecule has 0 radical (unpaired) electrons. The summed E-state index contributed by atoms with van der Waals surface area (Å²) in [5.41, 5.74) is 0. The number of esters is 2. The van der Waals surface area contributed by atoms with E-state index in [1.807, 2.05) is 21.1 Å². The molecule has 0 aliphatic heterocycles. The van der Waals surface area contributed by atoms with Crippen molar-refractivity contribution >= 4 is 19.8 Å². The monoisotopic (exact) mass is 1120 g/mol. The van der Waals surface area contributed by atoms with Crippen LogP contribution in [-0.2, 0) is 32.7 Å². The lowest BCUT2D eigenvalue weighted by Crippen LogP contribution is -2.37. The van der Waals surface area contributed by atoms with E-state index in [1.54, 1.807) is 0 Å². The summed E-state index contributed by atoms with van der Waals surface area (Å²) in [4.78, 5) is 35.7. The van der Waals surface area contributed by atoms with E-state index in [2.05, 4.69) is 38.2 Å². The van der Waals surface area contributed by atoms with E-state index < -0.39 is 26.5 Å². The van der Waals surface area contributed by atoms with Crippen LogP contribution in [0.5, 0.6) is 0 Å². The number of unbranched alkanes of at least 4 members (excludes halogenated alkanes) is 46. The van der Waals surface area contributed by atoms with Crippen molar-refractivity contribution in [1.82, 2.24) is 0 Å². The summed E-state index contributed by atoms with van der Waals surface area (Å²) in [5.74, 6) is -0.797. The molecule has 0 aromatic heterocycles. The number of hydrogen-bond donors (Lipinski definition) is 1. The first-order valence-corrected chi connectivity index (χ1v) is 35.6. The van der Waals surface area contributed by atoms with Crippen LogP contribution in [0.2, 0.25) is 0 Å². The number of phosphoric ester groups is 1. The number of carbonyl (C=O) groups excluding carboxylic acids is 2. The van der Waals surface area contributed by atoms with Crippen molar-refractivity contribution in [3.63, 3.8) is 0 Å². The van der Waals surface area contributed by atoms with Gasteiger partial charge in [0, 0.05) is 12.8 Å². The molecule has 462 valence electrons. The molecule has 0 aliphatic carbocycles. The number of phosphoric acid groups is 1. The molecular formula is C68H133NO8P+. The molecule has 0 rings (SSSR count). The Morgan fingerprint density at radius 1 is 0.397 bits per heavy atom. The topological polar surface area (TPSA) is 108 Å². The number of rotatable bonds is 64. The minimum atomic E-state index is -4.39. The predicted octanol–water partition coefficient (Wildman–Crippen LogP) is 21.7. The Hall–Kier alpha value is -1.51. The highest BCUT2D eigenvalue weighted by molar-refractivity contribution is 7.47. The SMILES string of the molecule is CCCCC/C=C\C/C=C\CCCCCCCC(=O)OC(COC(=O)CCCCCCCCCCCCCCCCCCCCCCCCCCCCCCCCCCCCCCCCC)COP(=O)(O)OCC[N+](C)(C)C. The molecule has 1 N–H and O–H groups in total. The summed E-state index contributed by atoms with van der Waals surface area (Å²) in [7, 11) is 1.48. The maximum absolute atomic E-state index is 12.8. The molecule has 78 heavy (non-hydrogen) atoms. The highest BCUT2D eigenvalue weighted by Gasteiger charge is 2.27. The molecule has 0 bridgehead atoms. The fourth-order valence-corrected chi connectivity index (χ4v) is 11.0. The third-order valence-corrected chi connectivity index (χ3v) is 16.5. The molecule has 0 heterocycles. The smallest absolute Gasteiger partial charge is 0.462 e.